The van der Waals surface area contributed by atoms with Crippen molar-refractivity contribution in [1.29, 1.82) is 0 Å². The van der Waals surface area contributed by atoms with E-state index in [0.29, 0.717) is 16.8 Å². The van der Waals surface area contributed by atoms with Gasteiger partial charge in [-0.1, -0.05) is 44.2 Å². The van der Waals surface area contributed by atoms with Crippen LogP contribution in [0.15, 0.2) is 48.5 Å². The van der Waals surface area contributed by atoms with Crippen LogP contribution in [-0.4, -0.2) is 64.7 Å². The maximum Gasteiger partial charge on any atom is 0.410 e. The van der Waals surface area contributed by atoms with E-state index in [4.69, 9.17) is 9.47 Å². The molecule has 0 bridgehead atoms. The molecule has 0 spiro atoms. The maximum atomic E-state index is 12.8. The van der Waals surface area contributed by atoms with Crippen LogP contribution in [0.4, 0.5) is 15.3 Å². The Labute approximate surface area is 245 Å². The number of rotatable bonds is 11. The summed E-state index contributed by atoms with van der Waals surface area (Å²) in [6.07, 6.45) is -1.35. The van der Waals surface area contributed by atoms with Crippen molar-refractivity contribution in [2.45, 2.75) is 72.4 Å². The van der Waals surface area contributed by atoms with Crippen LogP contribution in [0.3, 0.4) is 0 Å². The van der Waals surface area contributed by atoms with Crippen molar-refractivity contribution < 1.29 is 38.6 Å². The van der Waals surface area contributed by atoms with Gasteiger partial charge in [-0.2, -0.15) is 0 Å². The zero-order valence-corrected chi connectivity index (χ0v) is 25.0. The fourth-order valence-corrected chi connectivity index (χ4v) is 3.72. The summed E-state index contributed by atoms with van der Waals surface area (Å²) in [4.78, 5) is 62.7. The van der Waals surface area contributed by atoms with Gasteiger partial charge in [0, 0.05) is 19.3 Å². The molecule has 0 aliphatic carbocycles. The SMILES string of the molecule is CC(C)[C@H](NC(=O)OC(C)(C)C)C(=O)N[C@@H](C)C(=O)Nc1ccc(COC(=O)N(C)Cc2ccccc2C(=O)O)cc1. The first-order valence-electron chi connectivity index (χ1n) is 13.5. The van der Waals surface area contributed by atoms with Crippen molar-refractivity contribution in [1.82, 2.24) is 15.5 Å². The minimum Gasteiger partial charge on any atom is -0.478 e. The van der Waals surface area contributed by atoms with Gasteiger partial charge in [0.15, 0.2) is 0 Å². The van der Waals surface area contributed by atoms with Gasteiger partial charge in [0.1, 0.15) is 24.3 Å². The Bertz CT molecular complexity index is 1270. The van der Waals surface area contributed by atoms with Crippen molar-refractivity contribution in [3.05, 3.63) is 65.2 Å². The zero-order chi connectivity index (χ0) is 31.6. The number of hydrogen-bond donors (Lipinski definition) is 4. The largest absolute Gasteiger partial charge is 0.478 e. The molecule has 0 radical (unpaired) electrons. The Kier molecular flexibility index (Phi) is 11.9. The average molecular weight is 585 g/mol. The summed E-state index contributed by atoms with van der Waals surface area (Å²) in [5.74, 6) is -2.32. The molecule has 228 valence electrons. The van der Waals surface area contributed by atoms with Gasteiger partial charge in [0.2, 0.25) is 11.8 Å². The minimum atomic E-state index is -1.08. The number of carbonyl (C=O) groups excluding carboxylic acids is 4. The molecule has 12 nitrogen and oxygen atoms in total. The standard InChI is InChI=1S/C30H40N4O8/c1-18(2)24(33-28(39)42-30(4,5)6)26(36)31-19(3)25(35)32-22-14-12-20(13-15-22)17-41-29(40)34(7)16-21-10-8-9-11-23(21)27(37)38/h8-15,18-19,24H,16-17H2,1-7H3,(H,31,36)(H,32,35)(H,33,39)(H,37,38)/t19-,24-/m0/s1. The number of carboxylic acids is 1. The van der Waals surface area contributed by atoms with E-state index in [2.05, 4.69) is 16.0 Å². The van der Waals surface area contributed by atoms with Crippen LogP contribution in [0.25, 0.3) is 0 Å². The van der Waals surface area contributed by atoms with Gasteiger partial charge in [-0.25, -0.2) is 14.4 Å². The third kappa shape index (κ3) is 10.8. The number of benzene rings is 2. The molecule has 0 aliphatic rings. The molecule has 0 fully saturated rings. The molecule has 2 aromatic carbocycles. The van der Waals surface area contributed by atoms with Crippen LogP contribution in [-0.2, 0) is 32.2 Å². The number of hydrogen-bond acceptors (Lipinski definition) is 7. The van der Waals surface area contributed by atoms with Gasteiger partial charge in [0.05, 0.1) is 5.56 Å². The highest BCUT2D eigenvalue weighted by Crippen LogP contribution is 2.15. The molecule has 0 aromatic heterocycles. The van der Waals surface area contributed by atoms with E-state index in [1.165, 1.54) is 24.9 Å². The van der Waals surface area contributed by atoms with Crippen LogP contribution in [0, 0.1) is 5.92 Å². The van der Waals surface area contributed by atoms with E-state index in [0.717, 1.165) is 0 Å². The predicted octanol–water partition coefficient (Wildman–Crippen LogP) is 4.15. The van der Waals surface area contributed by atoms with E-state index in [9.17, 15) is 29.1 Å². The number of nitrogens with one attached hydrogen (secondary N) is 3. The quantitative estimate of drug-likeness (QED) is 0.306. The number of anilines is 1. The number of nitrogens with zero attached hydrogens (tertiary/aromatic N) is 1. The van der Waals surface area contributed by atoms with Crippen LogP contribution in [0.2, 0.25) is 0 Å². The van der Waals surface area contributed by atoms with Gasteiger partial charge >= 0.3 is 18.2 Å². The summed E-state index contributed by atoms with van der Waals surface area (Å²) in [6.45, 7) is 10.2. The maximum absolute atomic E-state index is 12.8. The Balaban J connectivity index is 1.87. The highest BCUT2D eigenvalue weighted by Gasteiger charge is 2.29. The van der Waals surface area contributed by atoms with E-state index < -0.39 is 47.7 Å². The zero-order valence-electron chi connectivity index (χ0n) is 25.0. The van der Waals surface area contributed by atoms with Crippen LogP contribution in [0.1, 0.15) is 63.0 Å². The summed E-state index contributed by atoms with van der Waals surface area (Å²) in [5.41, 5.74) is 0.995. The molecule has 0 heterocycles. The summed E-state index contributed by atoms with van der Waals surface area (Å²) in [5, 5.41) is 17.2. The normalized spacial score (nSPS) is 12.5. The second-order valence-electron chi connectivity index (χ2n) is 11.2. The highest BCUT2D eigenvalue weighted by atomic mass is 16.6. The number of ether oxygens (including phenoxy) is 2. The summed E-state index contributed by atoms with van der Waals surface area (Å²) < 4.78 is 10.6. The molecular formula is C30H40N4O8. The fourth-order valence-electron chi connectivity index (χ4n) is 3.72. The Morgan fingerprint density at radius 1 is 0.905 bits per heavy atom. The summed E-state index contributed by atoms with van der Waals surface area (Å²) >= 11 is 0. The number of aromatic carboxylic acids is 1. The average Bonchev–Trinajstić information content (AvgIpc) is 2.89. The highest BCUT2D eigenvalue weighted by molar-refractivity contribution is 5.98. The Morgan fingerprint density at radius 3 is 2.10 bits per heavy atom. The van der Waals surface area contributed by atoms with Gasteiger partial charge in [-0.05, 0) is 62.9 Å². The first-order chi connectivity index (χ1) is 19.6. The van der Waals surface area contributed by atoms with Crippen LogP contribution in [0.5, 0.6) is 0 Å². The molecule has 0 aliphatic heterocycles. The molecule has 4 amide bonds. The molecule has 0 saturated heterocycles. The third-order valence-corrected chi connectivity index (χ3v) is 5.92. The summed E-state index contributed by atoms with van der Waals surface area (Å²) in [7, 11) is 1.51. The minimum absolute atomic E-state index is 0.0360. The van der Waals surface area contributed by atoms with Gasteiger partial charge in [-0.15, -0.1) is 0 Å². The molecule has 2 rings (SSSR count). The van der Waals surface area contributed by atoms with E-state index in [1.54, 1.807) is 77.1 Å². The second-order valence-corrected chi connectivity index (χ2v) is 11.2. The number of amides is 4. The molecule has 2 aromatic rings. The lowest BCUT2D eigenvalue weighted by molar-refractivity contribution is -0.128. The van der Waals surface area contributed by atoms with Crippen molar-refractivity contribution in [2.75, 3.05) is 12.4 Å². The smallest absolute Gasteiger partial charge is 0.410 e. The van der Waals surface area contributed by atoms with Crippen molar-refractivity contribution >= 4 is 35.7 Å². The topological polar surface area (TPSA) is 163 Å². The third-order valence-electron chi connectivity index (χ3n) is 5.92. The van der Waals surface area contributed by atoms with E-state index in [1.807, 2.05) is 0 Å². The monoisotopic (exact) mass is 584 g/mol. The van der Waals surface area contributed by atoms with E-state index >= 15 is 0 Å². The summed E-state index contributed by atoms with van der Waals surface area (Å²) in [6, 6.07) is 11.2. The molecule has 42 heavy (non-hydrogen) atoms. The first kappa shape index (κ1) is 33.6. The lowest BCUT2D eigenvalue weighted by Gasteiger charge is -2.26. The number of carbonyl (C=O) groups is 5. The Morgan fingerprint density at radius 2 is 1.52 bits per heavy atom. The molecule has 0 saturated carbocycles. The van der Waals surface area contributed by atoms with Crippen molar-refractivity contribution in [3.63, 3.8) is 0 Å². The molecule has 4 N–H and O–H groups in total. The predicted molar refractivity (Wildman–Crippen MR) is 156 cm³/mol. The number of alkyl carbamates (subject to hydrolysis) is 1. The van der Waals surface area contributed by atoms with Crippen LogP contribution >= 0.6 is 0 Å². The number of carboxylic acid groups (broad SMARTS) is 1. The molecule has 0 unspecified atom stereocenters. The molecule has 12 heteroatoms. The van der Waals surface area contributed by atoms with Crippen molar-refractivity contribution in [3.8, 4) is 0 Å². The van der Waals surface area contributed by atoms with E-state index in [-0.39, 0.29) is 24.6 Å². The van der Waals surface area contributed by atoms with Gasteiger partial charge < -0.3 is 35.4 Å². The lowest BCUT2D eigenvalue weighted by atomic mass is 10.0. The Hall–Kier alpha value is -4.61. The first-order valence-corrected chi connectivity index (χ1v) is 13.5. The fraction of sp³-hybridized carbons (Fsp3) is 0.433. The lowest BCUT2D eigenvalue weighted by Crippen LogP contribution is -2.54. The molecule has 2 atom stereocenters. The van der Waals surface area contributed by atoms with Crippen LogP contribution < -0.4 is 16.0 Å². The van der Waals surface area contributed by atoms with Crippen molar-refractivity contribution in [2.24, 2.45) is 5.92 Å². The van der Waals surface area contributed by atoms with Gasteiger partial charge in [-0.3, -0.25) is 9.59 Å². The van der Waals surface area contributed by atoms with Gasteiger partial charge in [0.25, 0.3) is 0 Å². The molecular weight excluding hydrogens is 544 g/mol. The second kappa shape index (κ2) is 14.9.